The third-order valence-electron chi connectivity index (χ3n) is 7.23. The van der Waals surface area contributed by atoms with Crippen LogP contribution in [0.2, 0.25) is 5.02 Å². The molecular formula is C28H20BrClN2O4. The molecule has 0 aromatic heterocycles. The smallest absolute Gasteiger partial charge is 0.240 e. The lowest BCUT2D eigenvalue weighted by Gasteiger charge is -2.35. The van der Waals surface area contributed by atoms with Crippen molar-refractivity contribution < 1.29 is 19.1 Å². The monoisotopic (exact) mass is 562 g/mol. The first kappa shape index (κ1) is 23.0. The van der Waals surface area contributed by atoms with Gasteiger partial charge in [0.1, 0.15) is 11.8 Å². The number of hydrogen-bond donors (Lipinski definition) is 0. The molecule has 3 aliphatic heterocycles. The minimum absolute atomic E-state index is 0.228. The van der Waals surface area contributed by atoms with E-state index in [-0.39, 0.29) is 11.7 Å². The number of halogens is 2. The summed E-state index contributed by atoms with van der Waals surface area (Å²) in [6.45, 7) is 0. The summed E-state index contributed by atoms with van der Waals surface area (Å²) in [4.78, 5) is 44.9. The highest BCUT2D eigenvalue weighted by atomic mass is 79.9. The number of nitrogens with zero attached hydrogens (tertiary/aromatic N) is 2. The highest BCUT2D eigenvalue weighted by molar-refractivity contribution is 9.10. The fourth-order valence-electron chi connectivity index (χ4n) is 5.72. The normalized spacial score (nSPS) is 24.0. The number of fused-ring (bicyclic) bond motifs is 5. The Morgan fingerprint density at radius 3 is 2.50 bits per heavy atom. The van der Waals surface area contributed by atoms with Gasteiger partial charge in [-0.25, -0.2) is 4.90 Å². The van der Waals surface area contributed by atoms with Crippen molar-refractivity contribution in [2.75, 3.05) is 12.0 Å². The first-order chi connectivity index (χ1) is 17.4. The van der Waals surface area contributed by atoms with Crippen LogP contribution in [-0.4, -0.2) is 35.6 Å². The molecule has 3 aliphatic rings. The summed E-state index contributed by atoms with van der Waals surface area (Å²) < 4.78 is 5.94. The predicted molar refractivity (Wildman–Crippen MR) is 140 cm³/mol. The summed E-state index contributed by atoms with van der Waals surface area (Å²) in [5.74, 6) is -1.89. The minimum atomic E-state index is -0.842. The van der Waals surface area contributed by atoms with Crippen molar-refractivity contribution in [3.8, 4) is 5.75 Å². The van der Waals surface area contributed by atoms with E-state index in [4.69, 9.17) is 16.3 Å². The van der Waals surface area contributed by atoms with Crippen LogP contribution < -0.4 is 9.64 Å². The molecule has 4 atom stereocenters. The van der Waals surface area contributed by atoms with Gasteiger partial charge in [-0.1, -0.05) is 41.9 Å². The van der Waals surface area contributed by atoms with Gasteiger partial charge in [-0.2, -0.15) is 0 Å². The van der Waals surface area contributed by atoms with Crippen LogP contribution in [-0.2, 0) is 9.59 Å². The highest BCUT2D eigenvalue weighted by Gasteiger charge is 2.64. The average Bonchev–Trinajstić information content (AvgIpc) is 3.36. The Bertz CT molecular complexity index is 1470. The summed E-state index contributed by atoms with van der Waals surface area (Å²) in [7, 11) is 1.55. The van der Waals surface area contributed by atoms with Gasteiger partial charge in [-0.05, 0) is 69.5 Å². The molecule has 36 heavy (non-hydrogen) atoms. The molecule has 3 aromatic rings. The second-order valence-corrected chi connectivity index (χ2v) is 10.3. The van der Waals surface area contributed by atoms with E-state index in [2.05, 4.69) is 15.9 Å². The lowest BCUT2D eigenvalue weighted by molar-refractivity contribution is -0.123. The Morgan fingerprint density at radius 1 is 0.972 bits per heavy atom. The molecule has 6 nitrogen and oxygen atoms in total. The fraction of sp³-hybridized carbons (Fsp3) is 0.179. The maximum atomic E-state index is 14.0. The van der Waals surface area contributed by atoms with E-state index < -0.39 is 29.8 Å². The molecule has 0 saturated carbocycles. The van der Waals surface area contributed by atoms with Crippen LogP contribution in [0.4, 0.5) is 5.69 Å². The zero-order chi connectivity index (χ0) is 25.1. The molecule has 0 unspecified atom stereocenters. The number of hydrogen-bond acceptors (Lipinski definition) is 5. The molecular weight excluding hydrogens is 544 g/mol. The van der Waals surface area contributed by atoms with Gasteiger partial charge in [-0.3, -0.25) is 14.4 Å². The SMILES string of the molecule is COc1ccc(C(=O)[C@H]2[C@@H]3C(=O)N(c4cccc(Cl)c4)C(=O)[C@@H]3[C@H]3c4ccccc4C=CN32)cc1Br. The highest BCUT2D eigenvalue weighted by Crippen LogP contribution is 2.53. The summed E-state index contributed by atoms with van der Waals surface area (Å²) in [5, 5.41) is 0.424. The maximum absolute atomic E-state index is 14.0. The number of ketones is 1. The number of rotatable bonds is 4. The van der Waals surface area contributed by atoms with Crippen LogP contribution >= 0.6 is 27.5 Å². The van der Waals surface area contributed by atoms with Crippen LogP contribution in [0.5, 0.6) is 5.75 Å². The largest absolute Gasteiger partial charge is 0.496 e. The second kappa shape index (κ2) is 8.61. The number of methoxy groups -OCH3 is 1. The molecule has 3 aromatic carbocycles. The van der Waals surface area contributed by atoms with Crippen molar-refractivity contribution in [2.24, 2.45) is 11.8 Å². The summed E-state index contributed by atoms with van der Waals surface area (Å²) in [6, 6.07) is 18.3. The fourth-order valence-corrected chi connectivity index (χ4v) is 6.44. The zero-order valence-corrected chi connectivity index (χ0v) is 21.4. The Kier molecular flexibility index (Phi) is 5.50. The number of amides is 2. The molecule has 2 saturated heterocycles. The van der Waals surface area contributed by atoms with E-state index in [9.17, 15) is 14.4 Å². The molecule has 0 aliphatic carbocycles. The van der Waals surface area contributed by atoms with E-state index >= 15 is 0 Å². The van der Waals surface area contributed by atoms with Crippen LogP contribution in [0.15, 0.2) is 77.4 Å². The number of imide groups is 1. The van der Waals surface area contributed by atoms with Gasteiger partial charge in [0.2, 0.25) is 11.8 Å². The third kappa shape index (κ3) is 3.33. The van der Waals surface area contributed by atoms with Gasteiger partial charge in [0.05, 0.1) is 35.1 Å². The molecule has 8 heteroatoms. The Labute approximate surface area is 221 Å². The van der Waals surface area contributed by atoms with Crippen molar-refractivity contribution in [3.63, 3.8) is 0 Å². The van der Waals surface area contributed by atoms with Gasteiger partial charge in [-0.15, -0.1) is 0 Å². The molecule has 3 heterocycles. The van der Waals surface area contributed by atoms with E-state index in [1.807, 2.05) is 41.4 Å². The topological polar surface area (TPSA) is 66.9 Å². The third-order valence-corrected chi connectivity index (χ3v) is 8.09. The standard InChI is InChI=1S/C28H20BrClN2O4/c1-36-21-10-9-16(13-20(21)29)26(33)25-23-22(24-19-8-3-2-5-15(19)11-12-31(24)25)27(34)32(28(23)35)18-7-4-6-17(30)14-18/h2-14,22-25H,1H3/t22-,23+,24+,25+/m0/s1. The van der Waals surface area contributed by atoms with Crippen molar-refractivity contribution >= 4 is 56.9 Å². The number of benzene rings is 3. The minimum Gasteiger partial charge on any atom is -0.496 e. The van der Waals surface area contributed by atoms with E-state index in [0.717, 1.165) is 11.1 Å². The van der Waals surface area contributed by atoms with E-state index in [1.54, 1.807) is 49.6 Å². The zero-order valence-electron chi connectivity index (χ0n) is 19.1. The number of ether oxygens (including phenoxy) is 1. The molecule has 180 valence electrons. The number of carbonyl (C=O) groups is 3. The van der Waals surface area contributed by atoms with Crippen LogP contribution in [0.3, 0.4) is 0 Å². The molecule has 0 bridgehead atoms. The van der Waals surface area contributed by atoms with E-state index in [0.29, 0.717) is 26.5 Å². The Balaban J connectivity index is 1.49. The first-order valence-electron chi connectivity index (χ1n) is 11.5. The van der Waals surface area contributed by atoms with Gasteiger partial charge >= 0.3 is 0 Å². The second-order valence-electron chi connectivity index (χ2n) is 9.04. The van der Waals surface area contributed by atoms with Crippen molar-refractivity contribution in [2.45, 2.75) is 12.1 Å². The van der Waals surface area contributed by atoms with Gasteiger partial charge < -0.3 is 9.64 Å². The van der Waals surface area contributed by atoms with E-state index in [1.165, 1.54) is 4.90 Å². The number of anilines is 1. The lowest BCUT2D eigenvalue weighted by Crippen LogP contribution is -2.44. The predicted octanol–water partition coefficient (Wildman–Crippen LogP) is 5.51. The summed E-state index contributed by atoms with van der Waals surface area (Å²) in [5.41, 5.74) is 2.74. The van der Waals surface area contributed by atoms with Crippen molar-refractivity contribution in [1.82, 2.24) is 4.90 Å². The summed E-state index contributed by atoms with van der Waals surface area (Å²) >= 11 is 9.63. The van der Waals surface area contributed by atoms with Gasteiger partial charge in [0.15, 0.2) is 5.78 Å². The molecule has 0 spiro atoms. The van der Waals surface area contributed by atoms with Crippen molar-refractivity contribution in [1.29, 1.82) is 0 Å². The lowest BCUT2D eigenvalue weighted by atomic mass is 9.83. The first-order valence-corrected chi connectivity index (χ1v) is 12.6. The molecule has 0 N–H and O–H groups in total. The number of Topliss-reactive ketones (excluding diaryl/α,β-unsaturated/α-hetero) is 1. The maximum Gasteiger partial charge on any atom is 0.240 e. The molecule has 2 fully saturated rings. The van der Waals surface area contributed by atoms with Gasteiger partial charge in [0, 0.05) is 16.8 Å². The van der Waals surface area contributed by atoms with Crippen molar-refractivity contribution in [3.05, 3.63) is 99.1 Å². The van der Waals surface area contributed by atoms with Crippen LogP contribution in [0.25, 0.3) is 6.08 Å². The quantitative estimate of drug-likeness (QED) is 0.309. The Morgan fingerprint density at radius 2 is 1.75 bits per heavy atom. The Hall–Kier alpha value is -3.42. The van der Waals surface area contributed by atoms with Crippen LogP contribution in [0, 0.1) is 11.8 Å². The summed E-state index contributed by atoms with van der Waals surface area (Å²) in [6.07, 6.45) is 3.78. The van der Waals surface area contributed by atoms with Crippen LogP contribution in [0.1, 0.15) is 27.5 Å². The average molecular weight is 564 g/mol. The number of carbonyl (C=O) groups excluding carboxylic acids is 3. The molecule has 0 radical (unpaired) electrons. The molecule has 2 amide bonds. The molecule has 6 rings (SSSR count). The van der Waals surface area contributed by atoms with Gasteiger partial charge in [0.25, 0.3) is 0 Å².